The molecule has 4 nitrogen and oxygen atoms in total. The maximum absolute atomic E-state index is 11.4. The molecule has 0 radical (unpaired) electrons. The standard InChI is InChI=1S/C13H23N3OS.2ClH/c1-11-10-18-13(16-11)7-3-4-9-15-12(17)6-5-8-14-2;;/h10,14H,3-9H2,1-2H3,(H,15,17);2*1H. The molecule has 0 aliphatic rings. The Labute approximate surface area is 138 Å². The Balaban J connectivity index is 0. The molecular weight excluding hydrogens is 317 g/mol. The van der Waals surface area contributed by atoms with E-state index < -0.39 is 0 Å². The van der Waals surface area contributed by atoms with Crippen molar-refractivity contribution in [2.24, 2.45) is 0 Å². The van der Waals surface area contributed by atoms with Gasteiger partial charge in [-0.2, -0.15) is 0 Å². The van der Waals surface area contributed by atoms with Crippen molar-refractivity contribution in [2.75, 3.05) is 20.1 Å². The van der Waals surface area contributed by atoms with Gasteiger partial charge >= 0.3 is 0 Å². The maximum atomic E-state index is 11.4. The quantitative estimate of drug-likeness (QED) is 0.679. The molecule has 7 heteroatoms. The highest BCUT2D eigenvalue weighted by Crippen LogP contribution is 2.11. The molecule has 0 saturated heterocycles. The van der Waals surface area contributed by atoms with Crippen LogP contribution in [0, 0.1) is 6.92 Å². The number of hydrogen-bond donors (Lipinski definition) is 2. The van der Waals surface area contributed by atoms with Crippen molar-refractivity contribution >= 4 is 42.1 Å². The summed E-state index contributed by atoms with van der Waals surface area (Å²) < 4.78 is 0. The van der Waals surface area contributed by atoms with Crippen LogP contribution in [-0.2, 0) is 11.2 Å². The molecule has 0 atom stereocenters. The zero-order valence-electron chi connectivity index (χ0n) is 12.1. The third kappa shape index (κ3) is 10.4. The van der Waals surface area contributed by atoms with Gasteiger partial charge in [0.05, 0.1) is 5.01 Å². The smallest absolute Gasteiger partial charge is 0.220 e. The van der Waals surface area contributed by atoms with Crippen LogP contribution in [0.5, 0.6) is 0 Å². The number of amides is 1. The number of nitrogens with zero attached hydrogens (tertiary/aromatic N) is 1. The van der Waals surface area contributed by atoms with E-state index in [-0.39, 0.29) is 30.7 Å². The average molecular weight is 342 g/mol. The Morgan fingerprint density at radius 1 is 1.25 bits per heavy atom. The lowest BCUT2D eigenvalue weighted by atomic mass is 10.2. The molecule has 1 aromatic rings. The van der Waals surface area contributed by atoms with Gasteiger partial charge in [0.25, 0.3) is 0 Å². The van der Waals surface area contributed by atoms with Crippen LogP contribution < -0.4 is 10.6 Å². The van der Waals surface area contributed by atoms with Gasteiger partial charge in [0.1, 0.15) is 0 Å². The fourth-order valence-electron chi connectivity index (χ4n) is 1.66. The van der Waals surface area contributed by atoms with E-state index in [1.54, 1.807) is 11.3 Å². The second-order valence-corrected chi connectivity index (χ2v) is 5.34. The Morgan fingerprint density at radius 3 is 2.60 bits per heavy atom. The third-order valence-electron chi connectivity index (χ3n) is 2.64. The molecule has 0 unspecified atom stereocenters. The molecular formula is C13H25Cl2N3OS. The molecule has 0 bridgehead atoms. The minimum Gasteiger partial charge on any atom is -0.356 e. The summed E-state index contributed by atoms with van der Waals surface area (Å²) in [5.74, 6) is 0.162. The van der Waals surface area contributed by atoms with Crippen LogP contribution in [0.15, 0.2) is 5.38 Å². The predicted octanol–water partition coefficient (Wildman–Crippen LogP) is 2.73. The molecule has 0 aliphatic carbocycles. The zero-order chi connectivity index (χ0) is 13.2. The fraction of sp³-hybridized carbons (Fsp3) is 0.692. The van der Waals surface area contributed by atoms with Crippen LogP contribution in [0.2, 0.25) is 0 Å². The molecule has 1 rings (SSSR count). The molecule has 0 fully saturated rings. The van der Waals surface area contributed by atoms with Crippen LogP contribution in [0.4, 0.5) is 0 Å². The monoisotopic (exact) mass is 341 g/mol. The lowest BCUT2D eigenvalue weighted by molar-refractivity contribution is -0.121. The first-order valence-electron chi connectivity index (χ1n) is 6.54. The molecule has 0 spiro atoms. The summed E-state index contributed by atoms with van der Waals surface area (Å²) in [5, 5.41) is 9.27. The van der Waals surface area contributed by atoms with Crippen LogP contribution in [0.25, 0.3) is 0 Å². The highest BCUT2D eigenvalue weighted by Gasteiger charge is 2.01. The number of carbonyl (C=O) groups excluding carboxylic acids is 1. The number of halogens is 2. The first-order valence-corrected chi connectivity index (χ1v) is 7.42. The Hall–Kier alpha value is -0.360. The molecule has 1 amide bonds. The summed E-state index contributed by atoms with van der Waals surface area (Å²) in [6, 6.07) is 0. The second-order valence-electron chi connectivity index (χ2n) is 4.40. The lowest BCUT2D eigenvalue weighted by Crippen LogP contribution is -2.25. The van der Waals surface area contributed by atoms with E-state index in [1.165, 1.54) is 5.01 Å². The number of nitrogens with one attached hydrogen (secondary N) is 2. The van der Waals surface area contributed by atoms with Gasteiger partial charge in [0.2, 0.25) is 5.91 Å². The van der Waals surface area contributed by atoms with Gasteiger partial charge < -0.3 is 10.6 Å². The summed E-state index contributed by atoms with van der Waals surface area (Å²) in [7, 11) is 1.90. The lowest BCUT2D eigenvalue weighted by Gasteiger charge is -2.04. The molecule has 1 aromatic heterocycles. The van der Waals surface area contributed by atoms with Crippen molar-refractivity contribution in [1.82, 2.24) is 15.6 Å². The summed E-state index contributed by atoms with van der Waals surface area (Å²) in [6.07, 6.45) is 4.65. The predicted molar refractivity (Wildman–Crippen MR) is 90.5 cm³/mol. The molecule has 0 saturated carbocycles. The number of aromatic nitrogens is 1. The van der Waals surface area contributed by atoms with Crippen molar-refractivity contribution in [1.29, 1.82) is 0 Å². The van der Waals surface area contributed by atoms with Gasteiger partial charge in [-0.3, -0.25) is 4.79 Å². The summed E-state index contributed by atoms with van der Waals surface area (Å²) in [4.78, 5) is 15.8. The number of rotatable bonds is 9. The van der Waals surface area contributed by atoms with Crippen LogP contribution in [0.3, 0.4) is 0 Å². The number of unbranched alkanes of at least 4 members (excludes halogenated alkanes) is 1. The highest BCUT2D eigenvalue weighted by atomic mass is 35.5. The van der Waals surface area contributed by atoms with Crippen molar-refractivity contribution in [3.63, 3.8) is 0 Å². The number of carbonyl (C=O) groups is 1. The first-order chi connectivity index (χ1) is 8.72. The zero-order valence-corrected chi connectivity index (χ0v) is 14.6. The highest BCUT2D eigenvalue weighted by molar-refractivity contribution is 7.09. The van der Waals surface area contributed by atoms with Gasteiger partial charge in [0.15, 0.2) is 0 Å². The van der Waals surface area contributed by atoms with E-state index in [9.17, 15) is 4.79 Å². The van der Waals surface area contributed by atoms with Crippen molar-refractivity contribution in [3.8, 4) is 0 Å². The van der Waals surface area contributed by atoms with E-state index in [0.29, 0.717) is 6.42 Å². The van der Waals surface area contributed by atoms with E-state index in [1.807, 2.05) is 14.0 Å². The van der Waals surface area contributed by atoms with Gasteiger partial charge in [-0.1, -0.05) is 0 Å². The van der Waals surface area contributed by atoms with E-state index in [0.717, 1.165) is 44.5 Å². The second kappa shape index (κ2) is 13.6. The Bertz CT molecular complexity index is 361. The van der Waals surface area contributed by atoms with Crippen LogP contribution in [-0.4, -0.2) is 31.0 Å². The minimum atomic E-state index is 0. The van der Waals surface area contributed by atoms with Gasteiger partial charge in [0, 0.05) is 24.0 Å². The maximum Gasteiger partial charge on any atom is 0.220 e. The average Bonchev–Trinajstić information content (AvgIpc) is 2.75. The SMILES string of the molecule is CNCCCC(=O)NCCCCc1nc(C)cs1.Cl.Cl. The number of thiazole rings is 1. The first kappa shape index (κ1) is 21.9. The summed E-state index contributed by atoms with van der Waals surface area (Å²) in [6.45, 7) is 3.70. The third-order valence-corrected chi connectivity index (χ3v) is 3.66. The molecule has 118 valence electrons. The summed E-state index contributed by atoms with van der Waals surface area (Å²) in [5.41, 5.74) is 1.10. The van der Waals surface area contributed by atoms with Crippen molar-refractivity contribution < 1.29 is 4.79 Å². The molecule has 1 heterocycles. The van der Waals surface area contributed by atoms with Crippen molar-refractivity contribution in [3.05, 3.63) is 16.1 Å². The number of hydrogen-bond acceptors (Lipinski definition) is 4. The van der Waals surface area contributed by atoms with Crippen LogP contribution >= 0.6 is 36.2 Å². The van der Waals surface area contributed by atoms with Gasteiger partial charge in [-0.05, 0) is 46.2 Å². The largest absolute Gasteiger partial charge is 0.356 e. The summed E-state index contributed by atoms with van der Waals surface area (Å²) >= 11 is 1.72. The van der Waals surface area contributed by atoms with E-state index >= 15 is 0 Å². The minimum absolute atomic E-state index is 0. The fourth-order valence-corrected chi connectivity index (χ4v) is 2.48. The van der Waals surface area contributed by atoms with Crippen LogP contribution in [0.1, 0.15) is 36.4 Å². The molecule has 0 aromatic carbocycles. The molecule has 2 N–H and O–H groups in total. The normalized spacial score (nSPS) is 9.50. The van der Waals surface area contributed by atoms with Gasteiger partial charge in [-0.15, -0.1) is 36.2 Å². The topological polar surface area (TPSA) is 54.0 Å². The molecule has 0 aliphatic heterocycles. The Kier molecular flexibility index (Phi) is 14.9. The van der Waals surface area contributed by atoms with E-state index in [2.05, 4.69) is 21.0 Å². The molecule has 20 heavy (non-hydrogen) atoms. The van der Waals surface area contributed by atoms with Crippen molar-refractivity contribution in [2.45, 2.75) is 39.0 Å². The van der Waals surface area contributed by atoms with E-state index in [4.69, 9.17) is 0 Å². The number of aryl methyl sites for hydroxylation is 2. The van der Waals surface area contributed by atoms with Gasteiger partial charge in [-0.25, -0.2) is 4.98 Å². The Morgan fingerprint density at radius 2 is 2.00 bits per heavy atom.